The van der Waals surface area contributed by atoms with Crippen molar-refractivity contribution >= 4 is 51.4 Å². The van der Waals surface area contributed by atoms with E-state index in [9.17, 15) is 9.59 Å². The molecule has 0 atom stereocenters. The van der Waals surface area contributed by atoms with Crippen LogP contribution in [0.25, 0.3) is 6.08 Å². The molecule has 0 saturated carbocycles. The van der Waals surface area contributed by atoms with Gasteiger partial charge >= 0.3 is 5.97 Å². The van der Waals surface area contributed by atoms with Crippen LogP contribution in [0.3, 0.4) is 0 Å². The minimum atomic E-state index is -1.05. The lowest BCUT2D eigenvalue weighted by molar-refractivity contribution is -0.139. The maximum Gasteiger partial charge on any atom is 0.341 e. The Hall–Kier alpha value is -2.72. The first kappa shape index (κ1) is 18.1. The Morgan fingerprint density at radius 1 is 1.42 bits per heavy atom. The van der Waals surface area contributed by atoms with Gasteiger partial charge in [-0.15, -0.1) is 10.2 Å². The van der Waals surface area contributed by atoms with Crippen LogP contribution in [0.2, 0.25) is 0 Å². The van der Waals surface area contributed by atoms with Gasteiger partial charge in [0, 0.05) is 7.05 Å². The number of hydrogen-bond acceptors (Lipinski definition) is 8. The fraction of sp³-hybridized carbons (Fsp3) is 0.188. The first-order valence-electron chi connectivity index (χ1n) is 7.43. The Morgan fingerprint density at radius 2 is 2.23 bits per heavy atom. The number of aromatic nitrogens is 2. The average molecular weight is 390 g/mol. The number of carboxylic acid groups (broad SMARTS) is 1. The molecule has 1 aromatic carbocycles. The molecule has 0 unspecified atom stereocenters. The highest BCUT2D eigenvalue weighted by Crippen LogP contribution is 2.34. The monoisotopic (exact) mass is 390 g/mol. The van der Waals surface area contributed by atoms with Crippen molar-refractivity contribution in [3.05, 3.63) is 39.7 Å². The van der Waals surface area contributed by atoms with Crippen LogP contribution < -0.4 is 4.74 Å². The number of ether oxygens (including phenoxy) is 1. The minimum absolute atomic E-state index is 0.174. The molecular weight excluding hydrogens is 376 g/mol. The van der Waals surface area contributed by atoms with Gasteiger partial charge in [0.1, 0.15) is 10.8 Å². The van der Waals surface area contributed by atoms with Gasteiger partial charge in [-0.1, -0.05) is 23.5 Å². The first-order valence-corrected chi connectivity index (χ1v) is 9.07. The Labute approximate surface area is 157 Å². The minimum Gasteiger partial charge on any atom is -0.482 e. The van der Waals surface area contributed by atoms with Gasteiger partial charge < -0.3 is 9.84 Å². The van der Waals surface area contributed by atoms with E-state index >= 15 is 0 Å². The largest absolute Gasteiger partial charge is 0.482 e. The number of rotatable bonds is 5. The van der Waals surface area contributed by atoms with Crippen LogP contribution in [0.5, 0.6) is 5.75 Å². The number of carboxylic acids is 1. The van der Waals surface area contributed by atoms with E-state index in [0.29, 0.717) is 21.0 Å². The number of likely N-dealkylation sites (N-methyl/N-ethyl adjacent to an activating group) is 1. The number of aliphatic imine (C=N–C) groups is 1. The summed E-state index contributed by atoms with van der Waals surface area (Å²) in [4.78, 5) is 29.3. The van der Waals surface area contributed by atoms with Crippen molar-refractivity contribution in [2.45, 2.75) is 6.92 Å². The van der Waals surface area contributed by atoms with Gasteiger partial charge in [0.25, 0.3) is 5.91 Å². The van der Waals surface area contributed by atoms with E-state index < -0.39 is 12.6 Å². The maximum absolute atomic E-state index is 12.4. The molecule has 1 aliphatic rings. The van der Waals surface area contributed by atoms with Crippen molar-refractivity contribution in [2.24, 2.45) is 4.99 Å². The van der Waals surface area contributed by atoms with Crippen LogP contribution in [0.1, 0.15) is 10.6 Å². The second-order valence-electron chi connectivity index (χ2n) is 5.23. The van der Waals surface area contributed by atoms with Gasteiger partial charge in [-0.2, -0.15) is 4.99 Å². The molecular formula is C16H14N4O4S2. The number of amidine groups is 1. The highest BCUT2D eigenvalue weighted by molar-refractivity contribution is 8.18. The summed E-state index contributed by atoms with van der Waals surface area (Å²) < 4.78 is 5.15. The molecule has 2 aromatic rings. The van der Waals surface area contributed by atoms with Gasteiger partial charge in [0.05, 0.1) is 4.91 Å². The Balaban J connectivity index is 1.81. The average Bonchev–Trinajstić information content (AvgIpc) is 3.12. The molecule has 0 bridgehead atoms. The van der Waals surface area contributed by atoms with Crippen LogP contribution in [-0.2, 0) is 9.59 Å². The number of thioether (sulfide) groups is 1. The number of aryl methyl sites for hydroxylation is 1. The number of carbonyl (C=O) groups excluding carboxylic acids is 1. The van der Waals surface area contributed by atoms with E-state index in [4.69, 9.17) is 9.84 Å². The molecule has 26 heavy (non-hydrogen) atoms. The van der Waals surface area contributed by atoms with Crippen LogP contribution in [0.15, 0.2) is 34.2 Å². The fourth-order valence-electron chi connectivity index (χ4n) is 2.06. The molecule has 1 amide bonds. The number of amides is 1. The summed E-state index contributed by atoms with van der Waals surface area (Å²) in [5, 5.41) is 18.3. The normalized spacial score (nSPS) is 17.3. The lowest BCUT2D eigenvalue weighted by Gasteiger charge is -2.05. The number of benzene rings is 1. The third kappa shape index (κ3) is 4.27. The molecule has 3 rings (SSSR count). The summed E-state index contributed by atoms with van der Waals surface area (Å²) in [5.41, 5.74) is 0.727. The molecule has 8 nitrogen and oxygen atoms in total. The second-order valence-corrected chi connectivity index (χ2v) is 7.40. The molecule has 10 heteroatoms. The molecule has 1 aromatic heterocycles. The molecule has 1 N–H and O–H groups in total. The Bertz CT molecular complexity index is 922. The number of hydrogen-bond donors (Lipinski definition) is 1. The Kier molecular flexibility index (Phi) is 5.33. The smallest absolute Gasteiger partial charge is 0.341 e. The molecule has 0 radical (unpaired) electrons. The standard InChI is InChI=1S/C16H14N4O4S2/c1-9-18-19-15(25-9)17-16-20(2)14(23)12(26-16)7-10-4-3-5-11(6-10)24-8-13(21)22/h3-7H,8H2,1-2H3,(H,21,22)/b12-7+,17-16+. The lowest BCUT2D eigenvalue weighted by Crippen LogP contribution is -2.23. The van der Waals surface area contributed by atoms with E-state index in [1.807, 2.05) is 6.92 Å². The molecule has 1 fully saturated rings. The molecule has 0 spiro atoms. The molecule has 134 valence electrons. The molecule has 2 heterocycles. The van der Waals surface area contributed by atoms with Gasteiger partial charge in [-0.05, 0) is 42.5 Å². The van der Waals surface area contributed by atoms with Crippen molar-refractivity contribution in [3.63, 3.8) is 0 Å². The van der Waals surface area contributed by atoms with E-state index in [0.717, 1.165) is 10.6 Å². The van der Waals surface area contributed by atoms with Crippen molar-refractivity contribution in [3.8, 4) is 5.75 Å². The number of aliphatic carboxylic acids is 1. The van der Waals surface area contributed by atoms with Crippen LogP contribution in [-0.4, -0.2) is 50.9 Å². The highest BCUT2D eigenvalue weighted by atomic mass is 32.2. The zero-order chi connectivity index (χ0) is 18.7. The quantitative estimate of drug-likeness (QED) is 0.782. The van der Waals surface area contributed by atoms with Gasteiger partial charge in [0.2, 0.25) is 5.13 Å². The summed E-state index contributed by atoms with van der Waals surface area (Å²) in [5.74, 6) is -0.805. The molecule has 1 aliphatic heterocycles. The van der Waals surface area contributed by atoms with Crippen LogP contribution >= 0.6 is 23.1 Å². The Morgan fingerprint density at radius 3 is 2.92 bits per heavy atom. The van der Waals surface area contributed by atoms with Crippen molar-refractivity contribution in [1.29, 1.82) is 0 Å². The van der Waals surface area contributed by atoms with Crippen LogP contribution in [0, 0.1) is 6.92 Å². The topological polar surface area (TPSA) is 105 Å². The van der Waals surface area contributed by atoms with Gasteiger partial charge in [0.15, 0.2) is 11.8 Å². The number of nitrogens with zero attached hydrogens (tertiary/aromatic N) is 4. The number of carbonyl (C=O) groups is 2. The van der Waals surface area contributed by atoms with Crippen LogP contribution in [0.4, 0.5) is 5.13 Å². The molecule has 0 aliphatic carbocycles. The summed E-state index contributed by atoms with van der Waals surface area (Å²) in [6, 6.07) is 6.87. The lowest BCUT2D eigenvalue weighted by atomic mass is 10.2. The van der Waals surface area contributed by atoms with Crippen molar-refractivity contribution in [1.82, 2.24) is 15.1 Å². The molecule has 1 saturated heterocycles. The third-order valence-corrected chi connectivity index (χ3v) is 5.02. The summed E-state index contributed by atoms with van der Waals surface area (Å²) >= 11 is 2.59. The third-order valence-electron chi connectivity index (χ3n) is 3.23. The fourth-order valence-corrected chi connectivity index (χ4v) is 3.64. The van der Waals surface area contributed by atoms with Crippen molar-refractivity contribution in [2.75, 3.05) is 13.7 Å². The predicted molar refractivity (Wildman–Crippen MR) is 99.7 cm³/mol. The first-order chi connectivity index (χ1) is 12.4. The highest BCUT2D eigenvalue weighted by Gasteiger charge is 2.30. The zero-order valence-corrected chi connectivity index (χ0v) is 15.5. The zero-order valence-electron chi connectivity index (χ0n) is 13.9. The predicted octanol–water partition coefficient (Wildman–Crippen LogP) is 2.54. The van der Waals surface area contributed by atoms with E-state index in [1.54, 1.807) is 37.4 Å². The van der Waals surface area contributed by atoms with Gasteiger partial charge in [-0.3, -0.25) is 9.69 Å². The maximum atomic E-state index is 12.4. The van der Waals surface area contributed by atoms with Crippen molar-refractivity contribution < 1.29 is 19.4 Å². The SMILES string of the molecule is Cc1nnc(/N=C2/S/C(=C/c3cccc(OCC(=O)O)c3)C(=O)N2C)s1. The van der Waals surface area contributed by atoms with E-state index in [2.05, 4.69) is 15.2 Å². The summed E-state index contributed by atoms with van der Waals surface area (Å²) in [6.07, 6.45) is 1.71. The summed E-state index contributed by atoms with van der Waals surface area (Å²) in [6.45, 7) is 1.41. The van der Waals surface area contributed by atoms with Gasteiger partial charge in [-0.25, -0.2) is 4.79 Å². The van der Waals surface area contributed by atoms with E-state index in [-0.39, 0.29) is 5.91 Å². The summed E-state index contributed by atoms with van der Waals surface area (Å²) in [7, 11) is 1.65. The van der Waals surface area contributed by atoms with E-state index in [1.165, 1.54) is 28.0 Å². The second kappa shape index (κ2) is 7.67.